The summed E-state index contributed by atoms with van der Waals surface area (Å²) in [5.74, 6) is -0.201. The van der Waals surface area contributed by atoms with Crippen molar-refractivity contribution in [3.8, 4) is 0 Å². The second-order valence-corrected chi connectivity index (χ2v) is 15.7. The first kappa shape index (κ1) is 38.1. The van der Waals surface area contributed by atoms with E-state index in [-0.39, 0.29) is 54.7 Å². The first-order chi connectivity index (χ1) is 22.6. The van der Waals surface area contributed by atoms with Gasteiger partial charge in [-0.25, -0.2) is 15.2 Å². The summed E-state index contributed by atoms with van der Waals surface area (Å²) < 4.78 is 33.5. The number of aliphatic hydroxyl groups excluding tert-OH is 1. The third-order valence-electron chi connectivity index (χ3n) is 8.31. The van der Waals surface area contributed by atoms with Gasteiger partial charge < -0.3 is 35.3 Å². The van der Waals surface area contributed by atoms with Gasteiger partial charge in [0.2, 0.25) is 5.95 Å². The van der Waals surface area contributed by atoms with E-state index in [2.05, 4.69) is 30.4 Å². The Balaban J connectivity index is 1.61. The molecule has 0 bridgehead atoms. The maximum atomic E-state index is 14.6. The standard InChI is InChI=1S/C31H53N8O8P/c1-8-10-22(40)20(13-17(3)4)37-48(44,38-21(14-18(5)6)28(42)45-9-2)46-15-23-25(41)31(7,43)29(47-23)39-16-33-24-26(34-19-11-12-19)35-30(32)36-27(24)39/h16-21,23,25,29,41,43H,8-15H2,1-7H3,(H2,37,38,44)(H3,32,34,35,36)/t20?,21?,23-,25?,29-,31?,48?/m1/s1. The molecule has 0 amide bonds. The summed E-state index contributed by atoms with van der Waals surface area (Å²) >= 11 is 0. The predicted molar refractivity (Wildman–Crippen MR) is 180 cm³/mol. The molecule has 0 radical (unpaired) electrons. The fourth-order valence-corrected chi connectivity index (χ4v) is 7.63. The zero-order chi connectivity index (χ0) is 35.4. The lowest BCUT2D eigenvalue weighted by Gasteiger charge is -2.31. The van der Waals surface area contributed by atoms with Gasteiger partial charge in [-0.3, -0.25) is 18.7 Å². The number of rotatable bonds is 19. The number of imidazole rings is 1. The summed E-state index contributed by atoms with van der Waals surface area (Å²) in [5, 5.41) is 31.9. The van der Waals surface area contributed by atoms with Crippen LogP contribution < -0.4 is 21.2 Å². The van der Waals surface area contributed by atoms with Crippen LogP contribution in [0.2, 0.25) is 0 Å². The van der Waals surface area contributed by atoms with Gasteiger partial charge in [0.25, 0.3) is 0 Å². The fraction of sp³-hybridized carbons (Fsp3) is 0.774. The maximum Gasteiger partial charge on any atom is 0.342 e. The third kappa shape index (κ3) is 9.29. The highest BCUT2D eigenvalue weighted by atomic mass is 31.2. The van der Waals surface area contributed by atoms with Gasteiger partial charge in [0.1, 0.15) is 29.6 Å². The van der Waals surface area contributed by atoms with Crippen LogP contribution in [-0.4, -0.2) is 90.6 Å². The van der Waals surface area contributed by atoms with Crippen LogP contribution in [0.4, 0.5) is 11.8 Å². The number of ketones is 1. The van der Waals surface area contributed by atoms with Gasteiger partial charge in [0.15, 0.2) is 23.2 Å². The number of nitrogen functional groups attached to an aromatic ring is 1. The molecule has 17 heteroatoms. The van der Waals surface area contributed by atoms with Crippen molar-refractivity contribution >= 4 is 42.4 Å². The SMILES string of the molecule is CCCC(=O)C(CC(C)C)NP(=O)(NC(CC(C)C)C(=O)OCC)OC[C@H]1O[C@@H](n2cnc3c(NC4CC4)nc(N)nc32)C(C)(O)C1O. The molecule has 2 fully saturated rings. The smallest absolute Gasteiger partial charge is 0.342 e. The van der Waals surface area contributed by atoms with Gasteiger partial charge in [-0.05, 0) is 57.8 Å². The average molecular weight is 697 g/mol. The molecule has 1 aliphatic carbocycles. The number of hydrogen-bond acceptors (Lipinski definition) is 13. The lowest BCUT2D eigenvalue weighted by atomic mass is 9.96. The number of aliphatic hydroxyl groups is 2. The van der Waals surface area contributed by atoms with Crippen LogP contribution >= 0.6 is 7.67 Å². The lowest BCUT2D eigenvalue weighted by molar-refractivity contribution is -0.145. The van der Waals surface area contributed by atoms with Crippen LogP contribution in [0.25, 0.3) is 11.2 Å². The summed E-state index contributed by atoms with van der Waals surface area (Å²) in [6.07, 6.45) is 1.03. The Morgan fingerprint density at radius 2 is 1.79 bits per heavy atom. The van der Waals surface area contributed by atoms with Crippen molar-refractivity contribution in [3.05, 3.63) is 6.33 Å². The zero-order valence-electron chi connectivity index (χ0n) is 29.0. The molecule has 0 spiro atoms. The second-order valence-electron chi connectivity index (χ2n) is 13.8. The number of anilines is 2. The van der Waals surface area contributed by atoms with E-state index in [0.29, 0.717) is 24.2 Å². The minimum atomic E-state index is -4.22. The van der Waals surface area contributed by atoms with Crippen LogP contribution in [0.3, 0.4) is 0 Å². The highest BCUT2D eigenvalue weighted by Crippen LogP contribution is 2.45. The Hall–Kier alpha value is -2.72. The van der Waals surface area contributed by atoms with E-state index in [1.54, 1.807) is 6.92 Å². The average Bonchev–Trinajstić information content (AvgIpc) is 3.66. The van der Waals surface area contributed by atoms with Crippen molar-refractivity contribution in [1.82, 2.24) is 29.7 Å². The van der Waals surface area contributed by atoms with Gasteiger partial charge >= 0.3 is 13.6 Å². The quantitative estimate of drug-likeness (QED) is 0.0917. The summed E-state index contributed by atoms with van der Waals surface area (Å²) in [4.78, 5) is 39.2. The molecule has 1 saturated heterocycles. The second kappa shape index (κ2) is 15.9. The Labute approximate surface area is 281 Å². The number of aromatic nitrogens is 4. The molecule has 1 aliphatic heterocycles. The number of nitrogens with zero attached hydrogens (tertiary/aromatic N) is 4. The Morgan fingerprint density at radius 3 is 2.40 bits per heavy atom. The van der Waals surface area contributed by atoms with E-state index in [1.807, 2.05) is 34.6 Å². The molecular formula is C31H53N8O8P. The first-order valence-corrected chi connectivity index (χ1v) is 18.5. The molecule has 3 heterocycles. The highest BCUT2D eigenvalue weighted by Gasteiger charge is 2.54. The molecule has 16 nitrogen and oxygen atoms in total. The van der Waals surface area contributed by atoms with Gasteiger partial charge in [-0.15, -0.1) is 0 Å². The van der Waals surface area contributed by atoms with Gasteiger partial charge in [0.05, 0.1) is 25.6 Å². The van der Waals surface area contributed by atoms with Crippen LogP contribution in [0.5, 0.6) is 0 Å². The number of hydrogen-bond donors (Lipinski definition) is 6. The minimum Gasteiger partial charge on any atom is -0.465 e. The van der Waals surface area contributed by atoms with Gasteiger partial charge in [-0.1, -0.05) is 34.6 Å². The molecule has 48 heavy (non-hydrogen) atoms. The normalized spacial score (nSPS) is 25.4. The van der Waals surface area contributed by atoms with E-state index in [9.17, 15) is 24.4 Å². The number of nitrogens with two attached hydrogens (primary N) is 1. The molecule has 2 aromatic rings. The van der Waals surface area contributed by atoms with Crippen LogP contribution in [-0.2, 0) is 28.2 Å². The number of fused-ring (bicyclic) bond motifs is 1. The molecule has 4 rings (SSSR count). The molecule has 7 N–H and O–H groups in total. The zero-order valence-corrected chi connectivity index (χ0v) is 29.9. The van der Waals surface area contributed by atoms with Gasteiger partial charge in [0, 0.05) is 12.5 Å². The summed E-state index contributed by atoms with van der Waals surface area (Å²) in [6.45, 7) is 12.3. The van der Waals surface area contributed by atoms with Crippen molar-refractivity contribution in [1.29, 1.82) is 0 Å². The first-order valence-electron chi connectivity index (χ1n) is 16.9. The predicted octanol–water partition coefficient (Wildman–Crippen LogP) is 3.06. The molecule has 5 unspecified atom stereocenters. The van der Waals surface area contributed by atoms with Crippen molar-refractivity contribution in [2.45, 2.75) is 129 Å². The Morgan fingerprint density at radius 1 is 1.15 bits per heavy atom. The molecule has 0 aromatic carbocycles. The van der Waals surface area contributed by atoms with Crippen molar-refractivity contribution < 1.29 is 38.4 Å². The largest absolute Gasteiger partial charge is 0.465 e. The van der Waals surface area contributed by atoms with Crippen molar-refractivity contribution in [2.24, 2.45) is 11.8 Å². The van der Waals surface area contributed by atoms with E-state index >= 15 is 0 Å². The van der Waals surface area contributed by atoms with E-state index in [4.69, 9.17) is 19.7 Å². The maximum absolute atomic E-state index is 14.6. The monoisotopic (exact) mass is 696 g/mol. The van der Waals surface area contributed by atoms with Gasteiger partial charge in [-0.2, -0.15) is 9.97 Å². The summed E-state index contributed by atoms with van der Waals surface area (Å²) in [6, 6.07) is -1.59. The van der Waals surface area contributed by atoms with E-state index in [0.717, 1.165) is 12.8 Å². The number of carbonyl (C=O) groups is 2. The van der Waals surface area contributed by atoms with Crippen molar-refractivity contribution in [2.75, 3.05) is 24.3 Å². The highest BCUT2D eigenvalue weighted by molar-refractivity contribution is 7.54. The molecule has 1 saturated carbocycles. The number of carbonyl (C=O) groups excluding carboxylic acids is 2. The van der Waals surface area contributed by atoms with Crippen LogP contribution in [0.1, 0.15) is 93.2 Å². The molecule has 2 aliphatic rings. The number of esters is 1. The molecule has 270 valence electrons. The topological polar surface area (TPSA) is 225 Å². The minimum absolute atomic E-state index is 0.00492. The Kier molecular flexibility index (Phi) is 12.6. The van der Waals surface area contributed by atoms with Crippen molar-refractivity contribution in [3.63, 3.8) is 0 Å². The number of nitrogens with one attached hydrogen (secondary N) is 3. The lowest BCUT2D eigenvalue weighted by Crippen LogP contribution is -2.46. The Bertz CT molecular complexity index is 1430. The molecular weight excluding hydrogens is 643 g/mol. The molecule has 7 atom stereocenters. The van der Waals surface area contributed by atoms with Crippen LogP contribution in [0, 0.1) is 11.8 Å². The molecule has 2 aromatic heterocycles. The number of ether oxygens (including phenoxy) is 2. The van der Waals surface area contributed by atoms with E-state index < -0.39 is 56.4 Å². The number of Topliss-reactive ketones (excluding diaryl/α,β-unsaturated/α-hetero) is 1. The summed E-state index contributed by atoms with van der Waals surface area (Å²) in [7, 11) is -4.22. The third-order valence-corrected chi connectivity index (χ3v) is 10.1. The van der Waals surface area contributed by atoms with Crippen LogP contribution in [0.15, 0.2) is 6.33 Å². The fourth-order valence-electron chi connectivity index (χ4n) is 5.77. The van der Waals surface area contributed by atoms with E-state index in [1.165, 1.54) is 17.8 Å². The summed E-state index contributed by atoms with van der Waals surface area (Å²) in [5.41, 5.74) is 4.84.